The van der Waals surface area contributed by atoms with E-state index >= 15 is 0 Å². The first-order chi connectivity index (χ1) is 38.0. The molecule has 21 aliphatic heterocycles. The average Bonchev–Trinajstić information content (AvgIpc) is 4.40. The van der Waals surface area contributed by atoms with Crippen molar-refractivity contribution < 1.29 is 176 Å². The molecule has 21 saturated heterocycles. The lowest BCUT2D eigenvalue weighted by molar-refractivity contribution is -0.396. The van der Waals surface area contributed by atoms with E-state index in [0.717, 1.165) is 0 Å². The molecule has 21 fully saturated rings. The Hall–Kier alpha value is -1.41. The van der Waals surface area contributed by atoms with Crippen molar-refractivity contribution in [2.75, 3.05) is 52.5 Å². The van der Waals surface area contributed by atoms with E-state index in [4.69, 9.17) is 75.2 Å². The van der Waals surface area contributed by atoms with Gasteiger partial charge >= 0.3 is 0 Å². The lowest BCUT2D eigenvalue weighted by Crippen LogP contribution is -2.68. The summed E-state index contributed by atoms with van der Waals surface area (Å²) in [6, 6.07) is 0. The van der Waals surface area contributed by atoms with Crippen LogP contribution in [-0.2, 0) is 85.4 Å². The molecule has 37 heteroatoms. The van der Waals surface area contributed by atoms with E-state index in [-0.39, 0.29) is 0 Å². The highest BCUT2D eigenvalue weighted by Crippen LogP contribution is 2.44. The van der Waals surface area contributed by atoms with Gasteiger partial charge in [0.05, 0.1) is 52.5 Å². The number of rotatable bonds is 9. The Morgan fingerprint density at radius 1 is 0.263 bits per heavy atom. The number of aliphatic hydroxyl groups excluding tert-OH is 18. The Morgan fingerprint density at radius 2 is 0.475 bits per heavy atom. The van der Waals surface area contributed by atoms with Crippen LogP contribution in [-0.4, -0.2) is 368 Å². The van der Waals surface area contributed by atoms with E-state index in [2.05, 4.69) is 0 Å². The lowest BCUT2D eigenvalue weighted by Gasteiger charge is -2.50. The molecule has 0 radical (unpaired) electrons. The van der Waals surface area contributed by atoms with Gasteiger partial charge in [-0.1, -0.05) is 0 Å². The van der Waals surface area contributed by atoms with Gasteiger partial charge in [0.2, 0.25) is 0 Å². The van der Waals surface area contributed by atoms with E-state index in [9.17, 15) is 100 Å². The second-order valence-electron chi connectivity index (χ2n) is 20.5. The minimum Gasteiger partial charge on any atom is -0.394 e. The SMILES string of the molecule is CS(=O)(=O)OC[C@H]1O[C@@H]2O[C@H]3[C@H](O)[C@@H](O)[C@@H](O[C@H]4[C@H](O)[C@@H](O)[C@@H](O[C@H]5[C@H](O)[C@@H](O)[C@@H](O[C@H]6[C@H]7O[C@@H]7[C@@H](O[C@H]7[C@H](O)[C@@H](O)[C@@H](O[C@H]8[C@H](O)[C@@H](O)[C@@H](O[C@H]1[C@H](O)[C@H]2O)O[C@@H]8CO)O[C@@H]7CO)O[C@@H]6CO)O[C@@H]5CO)O[C@@H]4CO)O[C@@H]3CO. The number of ether oxygens (including phenoxy) is 15. The van der Waals surface area contributed by atoms with Gasteiger partial charge in [0.15, 0.2) is 44.0 Å². The van der Waals surface area contributed by atoms with Crippen LogP contribution in [0.5, 0.6) is 0 Å². The normalized spacial score (nSPS) is 54.3. The molecule has 21 aliphatic rings. The molecule has 0 aliphatic carbocycles. The Morgan fingerprint density at radius 3 is 0.738 bits per heavy atom. The van der Waals surface area contributed by atoms with Gasteiger partial charge in [-0.2, -0.15) is 8.42 Å². The molecule has 18 N–H and O–H groups in total. The summed E-state index contributed by atoms with van der Waals surface area (Å²) in [6.07, 6.45) is -65.7. The number of hydrogen-bond donors (Lipinski definition) is 18. The lowest BCUT2D eigenvalue weighted by atomic mass is 9.95. The minimum absolute atomic E-state index is 0.628. The van der Waals surface area contributed by atoms with E-state index in [1.54, 1.807) is 0 Å². The van der Waals surface area contributed by atoms with Crippen molar-refractivity contribution in [2.24, 2.45) is 0 Å². The van der Waals surface area contributed by atoms with Crippen LogP contribution in [0.15, 0.2) is 0 Å². The summed E-state index contributed by atoms with van der Waals surface area (Å²) in [5, 5.41) is 199. The maximum atomic E-state index is 12.2. The average molecular weight is 1200 g/mol. The number of aliphatic hydroxyl groups is 18. The molecule has 14 bridgehead atoms. The third kappa shape index (κ3) is 12.6. The van der Waals surface area contributed by atoms with Crippen LogP contribution in [0.3, 0.4) is 0 Å². The Bertz CT molecular complexity index is 2100. The van der Waals surface area contributed by atoms with Crippen molar-refractivity contribution in [1.82, 2.24) is 0 Å². The molecule has 0 amide bonds. The summed E-state index contributed by atoms with van der Waals surface area (Å²) in [6.45, 7) is -7.00. The van der Waals surface area contributed by atoms with Crippen LogP contribution in [0.1, 0.15) is 0 Å². The fourth-order valence-corrected chi connectivity index (χ4v) is 11.2. The first-order valence-electron chi connectivity index (χ1n) is 25.5. The highest BCUT2D eigenvalue weighted by Gasteiger charge is 2.63. The molecule has 0 aromatic heterocycles. The van der Waals surface area contributed by atoms with Gasteiger partial charge in [0, 0.05) is 0 Å². The summed E-state index contributed by atoms with van der Waals surface area (Å²) in [4.78, 5) is 0. The third-order valence-electron chi connectivity index (χ3n) is 15.2. The molecule has 21 rings (SSSR count). The van der Waals surface area contributed by atoms with E-state index in [1.807, 2.05) is 0 Å². The van der Waals surface area contributed by atoms with Crippen LogP contribution in [0, 0.1) is 0 Å². The van der Waals surface area contributed by atoms with E-state index < -0.39 is 271 Å². The molecule has 0 aromatic rings. The highest BCUT2D eigenvalue weighted by molar-refractivity contribution is 7.85. The van der Waals surface area contributed by atoms with Gasteiger partial charge in [-0.05, 0) is 0 Å². The maximum Gasteiger partial charge on any atom is 0.264 e. The summed E-state index contributed by atoms with van der Waals surface area (Å²) in [5.74, 6) is 0. The molecular weight excluding hydrogens is 1120 g/mol. The number of epoxide rings is 1. The fraction of sp³-hybridized carbons (Fsp3) is 1.00. The van der Waals surface area contributed by atoms with Gasteiger partial charge in [0.25, 0.3) is 10.1 Å². The predicted octanol–water partition coefficient (Wildman–Crippen LogP) is -14.2. The molecule has 464 valence electrons. The first kappa shape index (κ1) is 63.1. The molecule has 0 saturated carbocycles. The highest BCUT2D eigenvalue weighted by atomic mass is 32.2. The Balaban J connectivity index is 1.00. The fourth-order valence-electron chi connectivity index (χ4n) is 10.8. The second-order valence-corrected chi connectivity index (χ2v) is 22.2. The third-order valence-corrected chi connectivity index (χ3v) is 15.8. The largest absolute Gasteiger partial charge is 0.394 e. The van der Waals surface area contributed by atoms with Crippen molar-refractivity contribution in [3.63, 3.8) is 0 Å². The zero-order valence-corrected chi connectivity index (χ0v) is 42.8. The van der Waals surface area contributed by atoms with Crippen molar-refractivity contribution in [3.8, 4) is 0 Å². The Labute approximate surface area is 452 Å². The minimum atomic E-state index is -4.35. The van der Waals surface area contributed by atoms with Crippen molar-refractivity contribution >= 4 is 10.1 Å². The molecule has 21 heterocycles. The van der Waals surface area contributed by atoms with Crippen molar-refractivity contribution in [3.05, 3.63) is 0 Å². The number of hydrogen-bond acceptors (Lipinski definition) is 36. The summed E-state index contributed by atoms with van der Waals surface area (Å²) in [5.41, 5.74) is 0. The van der Waals surface area contributed by atoms with Crippen LogP contribution in [0.4, 0.5) is 0 Å². The first-order valence-corrected chi connectivity index (χ1v) is 27.3. The van der Waals surface area contributed by atoms with Gasteiger partial charge in [-0.25, -0.2) is 0 Å². The summed E-state index contributed by atoms with van der Waals surface area (Å²) >= 11 is 0. The van der Waals surface area contributed by atoms with Crippen LogP contribution >= 0.6 is 0 Å². The van der Waals surface area contributed by atoms with Crippen LogP contribution in [0.2, 0.25) is 0 Å². The van der Waals surface area contributed by atoms with Crippen LogP contribution in [0.25, 0.3) is 0 Å². The van der Waals surface area contributed by atoms with Gasteiger partial charge < -0.3 is 163 Å². The topological polar surface area (TPSA) is 549 Å². The van der Waals surface area contributed by atoms with Gasteiger partial charge in [0.1, 0.15) is 171 Å². The molecule has 0 aromatic carbocycles. The summed E-state index contributed by atoms with van der Waals surface area (Å²) in [7, 11) is -4.35. The van der Waals surface area contributed by atoms with Gasteiger partial charge in [-0.3, -0.25) is 4.18 Å². The Kier molecular flexibility index (Phi) is 20.4. The molecular formula is C43H70O36S. The quantitative estimate of drug-likeness (QED) is 0.0753. The summed E-state index contributed by atoms with van der Waals surface area (Å²) < 4.78 is 116. The van der Waals surface area contributed by atoms with Crippen molar-refractivity contribution in [2.45, 2.75) is 215 Å². The number of fused-ring (bicyclic) bond motifs is 1. The van der Waals surface area contributed by atoms with Crippen molar-refractivity contribution in [1.29, 1.82) is 0 Å². The second kappa shape index (κ2) is 25.9. The zero-order valence-electron chi connectivity index (χ0n) is 42.0. The molecule has 35 atom stereocenters. The van der Waals surface area contributed by atoms with E-state index in [1.165, 1.54) is 0 Å². The molecule has 0 unspecified atom stereocenters. The monoisotopic (exact) mass is 1190 g/mol. The molecule has 0 spiro atoms. The molecule has 36 nitrogen and oxygen atoms in total. The smallest absolute Gasteiger partial charge is 0.264 e. The molecule has 80 heavy (non-hydrogen) atoms. The van der Waals surface area contributed by atoms with E-state index in [0.29, 0.717) is 6.26 Å². The standard InChI is InChI=1S/C43H70O36S/c1-80(62,63)64-8-15-33-21(55)27(61)42(71-15)76-31-11(4-46)66-38(23(57)17(31)51)73-28-9(2-44)65-37(22(56)16(28)50)75-30-12(5-47)69-41(26(60)19(30)53)79-34-14(7-49)70-43(36-35(34)72-36)78-32-13(6-48)68-39(25(59)20(32)54)74-29-10(3-45)67-40(77-33)24(58)18(29)52/h9-61H,2-8H2,1H3/t9-,10-,11-,12-,13-,14-,15-,16-,17-,18-,19-,20-,21-,22-,23-,24-,25-,26-,27-,28-,29-,30-,31-,32-,33-,34-,35-,36+,37-,38-,39-,40-,41-,42-,43-/m1/s1. The maximum absolute atomic E-state index is 12.2. The predicted molar refractivity (Wildman–Crippen MR) is 239 cm³/mol. The zero-order chi connectivity index (χ0) is 58.0. The van der Waals surface area contributed by atoms with Gasteiger partial charge in [-0.15, -0.1) is 0 Å². The van der Waals surface area contributed by atoms with Crippen LogP contribution < -0.4 is 0 Å².